The molecule has 0 fully saturated rings. The number of nitrogens with zero attached hydrogens (tertiary/aromatic N) is 1. The second kappa shape index (κ2) is 9.10. The molecule has 158 valence electrons. The maximum Gasteiger partial charge on any atom is 0.253 e. The fourth-order valence-electron chi connectivity index (χ4n) is 2.81. The molecule has 9 heteroatoms. The summed E-state index contributed by atoms with van der Waals surface area (Å²) in [7, 11) is -0.785. The number of nitrogens with one attached hydrogen (secondary N) is 1. The highest BCUT2D eigenvalue weighted by molar-refractivity contribution is 7.89. The van der Waals surface area contributed by atoms with Crippen molar-refractivity contribution in [3.63, 3.8) is 0 Å². The highest BCUT2D eigenvalue weighted by atomic mass is 32.2. The summed E-state index contributed by atoms with van der Waals surface area (Å²) < 4.78 is 51.0. The van der Waals surface area contributed by atoms with Crippen LogP contribution in [-0.2, 0) is 23.1 Å². The third kappa shape index (κ3) is 5.05. The number of carbonyl (C=O) groups is 1. The fourth-order valence-corrected chi connectivity index (χ4v) is 3.81. The minimum absolute atomic E-state index is 0.0250. The molecule has 3 rings (SSSR count). The van der Waals surface area contributed by atoms with Gasteiger partial charge in [-0.1, -0.05) is 6.07 Å². The summed E-state index contributed by atoms with van der Waals surface area (Å²) >= 11 is 0. The lowest BCUT2D eigenvalue weighted by Gasteiger charge is -2.18. The van der Waals surface area contributed by atoms with E-state index in [0.29, 0.717) is 16.9 Å². The van der Waals surface area contributed by atoms with Crippen molar-refractivity contribution in [2.45, 2.75) is 18.0 Å². The van der Waals surface area contributed by atoms with Gasteiger partial charge < -0.3 is 14.1 Å². The van der Waals surface area contributed by atoms with Gasteiger partial charge in [0, 0.05) is 19.2 Å². The Hall–Kier alpha value is -3.17. The second-order valence-corrected chi connectivity index (χ2v) is 8.33. The number of ether oxygens (including phenoxy) is 1. The van der Waals surface area contributed by atoms with Gasteiger partial charge >= 0.3 is 0 Å². The van der Waals surface area contributed by atoms with Crippen LogP contribution in [0.15, 0.2) is 70.2 Å². The van der Waals surface area contributed by atoms with E-state index in [9.17, 15) is 17.6 Å². The summed E-state index contributed by atoms with van der Waals surface area (Å²) in [6.45, 7) is 0.210. The lowest BCUT2D eigenvalue weighted by Crippen LogP contribution is -2.26. The smallest absolute Gasteiger partial charge is 0.253 e. The van der Waals surface area contributed by atoms with Gasteiger partial charge in [-0.25, -0.2) is 17.5 Å². The predicted molar refractivity (Wildman–Crippen MR) is 108 cm³/mol. The zero-order valence-corrected chi connectivity index (χ0v) is 17.3. The first-order valence-electron chi connectivity index (χ1n) is 9.00. The van der Waals surface area contributed by atoms with Crippen LogP contribution in [-0.4, -0.2) is 33.4 Å². The first-order chi connectivity index (χ1) is 14.3. The van der Waals surface area contributed by atoms with E-state index in [2.05, 4.69) is 4.72 Å². The Kier molecular flexibility index (Phi) is 6.53. The molecule has 1 amide bonds. The van der Waals surface area contributed by atoms with Gasteiger partial charge in [0.15, 0.2) is 11.6 Å². The van der Waals surface area contributed by atoms with E-state index >= 15 is 0 Å². The van der Waals surface area contributed by atoms with Crippen LogP contribution in [0.2, 0.25) is 0 Å². The molecule has 0 radical (unpaired) electrons. The summed E-state index contributed by atoms with van der Waals surface area (Å²) in [4.78, 5) is 14.1. The number of amides is 1. The normalized spacial score (nSPS) is 11.3. The summed E-state index contributed by atoms with van der Waals surface area (Å²) in [5, 5.41) is 0. The molecule has 0 bridgehead atoms. The summed E-state index contributed by atoms with van der Waals surface area (Å²) in [5.41, 5.74) is 0.918. The van der Waals surface area contributed by atoms with Crippen LogP contribution < -0.4 is 9.46 Å². The molecule has 30 heavy (non-hydrogen) atoms. The maximum absolute atomic E-state index is 13.8. The van der Waals surface area contributed by atoms with Crippen molar-refractivity contribution in [3.05, 3.63) is 83.6 Å². The third-order valence-electron chi connectivity index (χ3n) is 4.41. The van der Waals surface area contributed by atoms with Gasteiger partial charge in [0.25, 0.3) is 5.91 Å². The molecule has 1 heterocycles. The monoisotopic (exact) mass is 432 g/mol. The first-order valence-corrected chi connectivity index (χ1v) is 10.5. The van der Waals surface area contributed by atoms with Crippen molar-refractivity contribution in [2.24, 2.45) is 0 Å². The summed E-state index contributed by atoms with van der Waals surface area (Å²) in [6, 6.07) is 13.4. The quantitative estimate of drug-likeness (QED) is 0.591. The molecule has 0 spiro atoms. The van der Waals surface area contributed by atoms with Crippen molar-refractivity contribution in [1.29, 1.82) is 0 Å². The molecule has 3 aromatic rings. The maximum atomic E-state index is 13.8. The molecule has 0 saturated heterocycles. The first kappa shape index (κ1) is 21.5. The third-order valence-corrected chi connectivity index (χ3v) is 5.83. The summed E-state index contributed by atoms with van der Waals surface area (Å²) in [6.07, 6.45) is 1.46. The fraction of sp³-hybridized carbons (Fsp3) is 0.190. The lowest BCUT2D eigenvalue weighted by atomic mass is 10.1. The Morgan fingerprint density at radius 2 is 1.90 bits per heavy atom. The zero-order chi connectivity index (χ0) is 21.7. The molecule has 0 aliphatic rings. The molecular weight excluding hydrogens is 411 g/mol. The number of methoxy groups -OCH3 is 1. The number of hydrogen-bond donors (Lipinski definition) is 1. The largest absolute Gasteiger partial charge is 0.494 e. The van der Waals surface area contributed by atoms with Gasteiger partial charge in [-0.05, 0) is 54.1 Å². The molecule has 0 unspecified atom stereocenters. The molecule has 1 N–H and O–H groups in total. The molecule has 0 atom stereocenters. The lowest BCUT2D eigenvalue weighted by molar-refractivity contribution is 0.0785. The van der Waals surface area contributed by atoms with Gasteiger partial charge in [-0.3, -0.25) is 4.79 Å². The van der Waals surface area contributed by atoms with Crippen molar-refractivity contribution in [2.75, 3.05) is 14.2 Å². The number of hydrogen-bond acceptors (Lipinski definition) is 5. The predicted octanol–water partition coefficient (Wildman–Crippen LogP) is 3.18. The summed E-state index contributed by atoms with van der Waals surface area (Å²) in [5.74, 6) is -0.210. The van der Waals surface area contributed by atoms with E-state index in [1.165, 1.54) is 54.7 Å². The number of rotatable bonds is 8. The molecule has 2 aromatic carbocycles. The van der Waals surface area contributed by atoms with Gasteiger partial charge in [0.1, 0.15) is 5.76 Å². The SMILES string of the molecule is COc1ccc(CN(C)C(=O)c2ccc(S(=O)(=O)NCc3ccco3)cc2)cc1F. The minimum atomic E-state index is -3.75. The number of carbonyl (C=O) groups excluding carboxylic acids is 1. The Morgan fingerprint density at radius 3 is 2.50 bits per heavy atom. The average molecular weight is 432 g/mol. The Morgan fingerprint density at radius 1 is 1.17 bits per heavy atom. The van der Waals surface area contributed by atoms with E-state index in [-0.39, 0.29) is 29.6 Å². The molecule has 0 saturated carbocycles. The van der Waals surface area contributed by atoms with Crippen LogP contribution in [0.5, 0.6) is 5.75 Å². The van der Waals surface area contributed by atoms with Crippen LogP contribution in [0.4, 0.5) is 4.39 Å². The highest BCUT2D eigenvalue weighted by Gasteiger charge is 2.17. The number of sulfonamides is 1. The van der Waals surface area contributed by atoms with E-state index in [1.807, 2.05) is 0 Å². The van der Waals surface area contributed by atoms with Gasteiger partial charge in [-0.15, -0.1) is 0 Å². The zero-order valence-electron chi connectivity index (χ0n) is 16.5. The molecule has 1 aromatic heterocycles. The Balaban J connectivity index is 1.65. The van der Waals surface area contributed by atoms with Crippen molar-refractivity contribution < 1.29 is 26.8 Å². The van der Waals surface area contributed by atoms with Crippen molar-refractivity contribution in [3.8, 4) is 5.75 Å². The number of furan rings is 1. The minimum Gasteiger partial charge on any atom is -0.494 e. The van der Waals surface area contributed by atoms with Crippen molar-refractivity contribution in [1.82, 2.24) is 9.62 Å². The molecular formula is C21H21FN2O5S. The van der Waals surface area contributed by atoms with Crippen LogP contribution >= 0.6 is 0 Å². The van der Waals surface area contributed by atoms with Crippen molar-refractivity contribution >= 4 is 15.9 Å². The average Bonchev–Trinajstić information content (AvgIpc) is 3.26. The highest BCUT2D eigenvalue weighted by Crippen LogP contribution is 2.19. The standard InChI is InChI=1S/C21H21FN2O5S/c1-24(14-15-5-10-20(28-2)19(22)12-15)21(25)16-6-8-18(9-7-16)30(26,27)23-13-17-4-3-11-29-17/h3-12,23H,13-14H2,1-2H3. The number of halogens is 1. The van der Waals surface area contributed by atoms with Crippen LogP contribution in [0.3, 0.4) is 0 Å². The van der Waals surface area contributed by atoms with Gasteiger partial charge in [-0.2, -0.15) is 0 Å². The Bertz CT molecular complexity index is 1110. The van der Waals surface area contributed by atoms with E-state index in [0.717, 1.165) is 0 Å². The topological polar surface area (TPSA) is 88.8 Å². The molecule has 7 nitrogen and oxygen atoms in total. The Labute approximate surface area is 174 Å². The van der Waals surface area contributed by atoms with E-state index in [1.54, 1.807) is 25.2 Å². The van der Waals surface area contributed by atoms with E-state index < -0.39 is 15.8 Å². The van der Waals surface area contributed by atoms with Gasteiger partial charge in [0.05, 0.1) is 24.8 Å². The van der Waals surface area contributed by atoms with Crippen LogP contribution in [0, 0.1) is 5.82 Å². The van der Waals surface area contributed by atoms with E-state index in [4.69, 9.17) is 9.15 Å². The van der Waals surface area contributed by atoms with Gasteiger partial charge in [0.2, 0.25) is 10.0 Å². The second-order valence-electron chi connectivity index (χ2n) is 6.56. The van der Waals surface area contributed by atoms with Crippen LogP contribution in [0.1, 0.15) is 21.7 Å². The number of benzene rings is 2. The van der Waals surface area contributed by atoms with Crippen LogP contribution in [0.25, 0.3) is 0 Å². The molecule has 0 aliphatic heterocycles. The molecule has 0 aliphatic carbocycles.